The van der Waals surface area contributed by atoms with E-state index in [2.05, 4.69) is 41.1 Å². The fourth-order valence-corrected chi connectivity index (χ4v) is 2.17. The highest BCUT2D eigenvalue weighted by Gasteiger charge is 2.28. The van der Waals surface area contributed by atoms with Crippen LogP contribution >= 0.6 is 0 Å². The number of rotatable bonds is 2. The Morgan fingerprint density at radius 3 is 2.73 bits per heavy atom. The lowest BCUT2D eigenvalue weighted by Crippen LogP contribution is -2.40. The van der Waals surface area contributed by atoms with E-state index < -0.39 is 0 Å². The highest BCUT2D eigenvalue weighted by atomic mass is 16.6. The molecule has 80 valence electrons. The number of nitrogens with zero attached hydrogens (tertiary/aromatic N) is 2. The quantitative estimate of drug-likeness (QED) is 0.678. The standard InChI is InChI=1S/C12H16N2O/c1-13-6-7-14(8-10-9-15-10)12-5-3-2-4-11(12)13/h2-5,10H,6-9H2,1H3/t10-/m0/s1. The molecule has 0 spiro atoms. The van der Waals surface area contributed by atoms with Gasteiger partial charge in [-0.1, -0.05) is 12.1 Å². The Morgan fingerprint density at radius 2 is 2.00 bits per heavy atom. The molecule has 1 aromatic carbocycles. The largest absolute Gasteiger partial charge is 0.371 e. The van der Waals surface area contributed by atoms with Crippen molar-refractivity contribution in [1.82, 2.24) is 0 Å². The van der Waals surface area contributed by atoms with Gasteiger partial charge in [-0.15, -0.1) is 0 Å². The molecule has 0 saturated carbocycles. The van der Waals surface area contributed by atoms with Crippen LogP contribution in [0, 0.1) is 0 Å². The average molecular weight is 204 g/mol. The van der Waals surface area contributed by atoms with Crippen LogP contribution in [0.15, 0.2) is 24.3 Å². The number of fused-ring (bicyclic) bond motifs is 1. The molecular formula is C12H16N2O. The molecule has 15 heavy (non-hydrogen) atoms. The number of benzene rings is 1. The van der Waals surface area contributed by atoms with Crippen LogP contribution < -0.4 is 9.80 Å². The molecule has 1 fully saturated rings. The Balaban J connectivity index is 1.89. The van der Waals surface area contributed by atoms with Gasteiger partial charge in [-0.25, -0.2) is 0 Å². The van der Waals surface area contributed by atoms with E-state index in [1.165, 1.54) is 11.4 Å². The first kappa shape index (κ1) is 9.04. The zero-order valence-electron chi connectivity index (χ0n) is 9.02. The molecule has 0 aliphatic carbocycles. The minimum absolute atomic E-state index is 0.474. The fraction of sp³-hybridized carbons (Fsp3) is 0.500. The molecule has 2 aliphatic rings. The molecule has 0 bridgehead atoms. The van der Waals surface area contributed by atoms with Crippen molar-refractivity contribution in [2.75, 3.05) is 43.1 Å². The van der Waals surface area contributed by atoms with E-state index in [1.54, 1.807) is 0 Å². The predicted octanol–water partition coefficient (Wildman–Crippen LogP) is 1.34. The first-order chi connectivity index (χ1) is 7.34. The monoisotopic (exact) mass is 204 g/mol. The van der Waals surface area contributed by atoms with Crippen LogP contribution in [0.3, 0.4) is 0 Å². The van der Waals surface area contributed by atoms with Crippen LogP contribution in [0.5, 0.6) is 0 Å². The SMILES string of the molecule is CN1CCN(C[C@H]2CO2)c2ccccc21. The molecule has 1 aromatic rings. The summed E-state index contributed by atoms with van der Waals surface area (Å²) in [6, 6.07) is 8.60. The molecule has 0 aromatic heterocycles. The molecule has 3 heteroatoms. The second-order valence-electron chi connectivity index (χ2n) is 4.31. The summed E-state index contributed by atoms with van der Waals surface area (Å²) in [6.07, 6.45) is 0.474. The van der Waals surface area contributed by atoms with Gasteiger partial charge in [-0.3, -0.25) is 0 Å². The topological polar surface area (TPSA) is 19.0 Å². The van der Waals surface area contributed by atoms with Crippen LogP contribution in [-0.2, 0) is 4.74 Å². The van der Waals surface area contributed by atoms with Crippen molar-refractivity contribution >= 4 is 11.4 Å². The summed E-state index contributed by atoms with van der Waals surface area (Å²) in [4.78, 5) is 4.76. The number of hydrogen-bond acceptors (Lipinski definition) is 3. The number of likely N-dealkylation sites (N-methyl/N-ethyl adjacent to an activating group) is 1. The third-order valence-corrected chi connectivity index (χ3v) is 3.17. The van der Waals surface area contributed by atoms with Gasteiger partial charge in [0.25, 0.3) is 0 Å². The van der Waals surface area contributed by atoms with Crippen molar-refractivity contribution < 1.29 is 4.74 Å². The minimum atomic E-state index is 0.474. The molecule has 2 heterocycles. The lowest BCUT2D eigenvalue weighted by Gasteiger charge is -2.36. The second kappa shape index (κ2) is 3.42. The van der Waals surface area contributed by atoms with E-state index in [1.807, 2.05) is 0 Å². The van der Waals surface area contributed by atoms with Gasteiger partial charge in [-0.2, -0.15) is 0 Å². The third-order valence-electron chi connectivity index (χ3n) is 3.17. The molecule has 2 aliphatic heterocycles. The maximum atomic E-state index is 5.30. The van der Waals surface area contributed by atoms with Gasteiger partial charge in [0, 0.05) is 26.7 Å². The first-order valence-electron chi connectivity index (χ1n) is 5.51. The van der Waals surface area contributed by atoms with Crippen LogP contribution in [0.1, 0.15) is 0 Å². The van der Waals surface area contributed by atoms with Gasteiger partial charge in [0.05, 0.1) is 24.1 Å². The van der Waals surface area contributed by atoms with Gasteiger partial charge < -0.3 is 14.5 Å². The zero-order chi connectivity index (χ0) is 10.3. The van der Waals surface area contributed by atoms with Crippen molar-refractivity contribution in [3.05, 3.63) is 24.3 Å². The number of epoxide rings is 1. The molecule has 3 rings (SSSR count). The van der Waals surface area contributed by atoms with E-state index in [-0.39, 0.29) is 0 Å². The summed E-state index contributed by atoms with van der Waals surface area (Å²) in [6.45, 7) is 4.19. The van der Waals surface area contributed by atoms with Crippen molar-refractivity contribution in [3.8, 4) is 0 Å². The Bertz CT molecular complexity index is 362. The first-order valence-corrected chi connectivity index (χ1v) is 5.51. The van der Waals surface area contributed by atoms with Gasteiger partial charge in [-0.05, 0) is 12.1 Å². The van der Waals surface area contributed by atoms with Crippen molar-refractivity contribution in [3.63, 3.8) is 0 Å². The Kier molecular flexibility index (Phi) is 2.06. The number of hydrogen-bond donors (Lipinski definition) is 0. The van der Waals surface area contributed by atoms with Gasteiger partial charge in [0.15, 0.2) is 0 Å². The normalized spacial score (nSPS) is 23.9. The maximum Gasteiger partial charge on any atom is 0.0984 e. The van der Waals surface area contributed by atoms with Crippen molar-refractivity contribution in [2.45, 2.75) is 6.10 Å². The Labute approximate surface area is 90.2 Å². The van der Waals surface area contributed by atoms with Crippen LogP contribution in [0.2, 0.25) is 0 Å². The summed E-state index contributed by atoms with van der Waals surface area (Å²) in [5.41, 5.74) is 2.69. The van der Waals surface area contributed by atoms with E-state index in [0.29, 0.717) is 6.10 Å². The molecular weight excluding hydrogens is 188 g/mol. The summed E-state index contributed by atoms with van der Waals surface area (Å²) in [7, 11) is 2.16. The van der Waals surface area contributed by atoms with Crippen molar-refractivity contribution in [1.29, 1.82) is 0 Å². The van der Waals surface area contributed by atoms with Crippen LogP contribution in [0.25, 0.3) is 0 Å². The Hall–Kier alpha value is -1.22. The van der Waals surface area contributed by atoms with E-state index in [0.717, 1.165) is 26.2 Å². The average Bonchev–Trinajstić information content (AvgIpc) is 3.07. The second-order valence-corrected chi connectivity index (χ2v) is 4.31. The highest BCUT2D eigenvalue weighted by molar-refractivity contribution is 5.73. The van der Waals surface area contributed by atoms with E-state index in [9.17, 15) is 0 Å². The lowest BCUT2D eigenvalue weighted by molar-refractivity contribution is 0.407. The summed E-state index contributed by atoms with van der Waals surface area (Å²) in [5, 5.41) is 0. The zero-order valence-corrected chi connectivity index (χ0v) is 9.02. The van der Waals surface area contributed by atoms with Crippen LogP contribution in [0.4, 0.5) is 11.4 Å². The number of ether oxygens (including phenoxy) is 1. The lowest BCUT2D eigenvalue weighted by atomic mass is 10.1. The highest BCUT2D eigenvalue weighted by Crippen LogP contribution is 2.32. The summed E-state index contributed by atoms with van der Waals surface area (Å²) >= 11 is 0. The van der Waals surface area contributed by atoms with Gasteiger partial charge in [0.2, 0.25) is 0 Å². The molecule has 1 atom stereocenters. The predicted molar refractivity (Wildman–Crippen MR) is 61.7 cm³/mol. The third kappa shape index (κ3) is 1.67. The fourth-order valence-electron chi connectivity index (χ4n) is 2.17. The minimum Gasteiger partial charge on any atom is -0.371 e. The van der Waals surface area contributed by atoms with Crippen molar-refractivity contribution in [2.24, 2.45) is 0 Å². The Morgan fingerprint density at radius 1 is 1.27 bits per heavy atom. The number of para-hydroxylation sites is 2. The molecule has 0 N–H and O–H groups in total. The molecule has 1 saturated heterocycles. The molecule has 0 amide bonds. The summed E-state index contributed by atoms with van der Waals surface area (Å²) < 4.78 is 5.30. The van der Waals surface area contributed by atoms with Gasteiger partial charge >= 0.3 is 0 Å². The van der Waals surface area contributed by atoms with Crippen LogP contribution in [-0.4, -0.2) is 39.4 Å². The molecule has 3 nitrogen and oxygen atoms in total. The number of anilines is 2. The van der Waals surface area contributed by atoms with E-state index in [4.69, 9.17) is 4.74 Å². The van der Waals surface area contributed by atoms with E-state index >= 15 is 0 Å². The molecule has 0 radical (unpaired) electrons. The summed E-state index contributed by atoms with van der Waals surface area (Å²) in [5.74, 6) is 0. The maximum absolute atomic E-state index is 5.30. The smallest absolute Gasteiger partial charge is 0.0984 e. The van der Waals surface area contributed by atoms with Gasteiger partial charge in [0.1, 0.15) is 0 Å². The molecule has 0 unspecified atom stereocenters.